The van der Waals surface area contributed by atoms with Crippen molar-refractivity contribution in [3.8, 4) is 0 Å². The summed E-state index contributed by atoms with van der Waals surface area (Å²) in [6.45, 7) is 1.74. The monoisotopic (exact) mass is 222 g/mol. The fraction of sp³-hybridized carbons (Fsp3) is 0.500. The van der Waals surface area contributed by atoms with Crippen molar-refractivity contribution in [3.63, 3.8) is 0 Å². The zero-order chi connectivity index (χ0) is 11.5. The van der Waals surface area contributed by atoms with E-state index < -0.39 is 4.92 Å². The number of nitro groups is 1. The van der Waals surface area contributed by atoms with E-state index >= 15 is 0 Å². The van der Waals surface area contributed by atoms with E-state index in [1.165, 1.54) is 18.3 Å². The smallest absolute Gasteiger partial charge is 0.274 e. The van der Waals surface area contributed by atoms with E-state index in [0.29, 0.717) is 11.9 Å². The van der Waals surface area contributed by atoms with Crippen LogP contribution in [0.1, 0.15) is 6.42 Å². The lowest BCUT2D eigenvalue weighted by Crippen LogP contribution is -2.29. The molecule has 6 nitrogen and oxygen atoms in total. The van der Waals surface area contributed by atoms with Crippen LogP contribution in [0.3, 0.4) is 0 Å². The van der Waals surface area contributed by atoms with Crippen molar-refractivity contribution in [2.45, 2.75) is 12.5 Å². The van der Waals surface area contributed by atoms with E-state index in [4.69, 9.17) is 0 Å². The molecular weight excluding hydrogens is 208 g/mol. The summed E-state index contributed by atoms with van der Waals surface area (Å²) < 4.78 is 0. The Bertz CT molecular complexity index is 396. The van der Waals surface area contributed by atoms with Gasteiger partial charge in [0.05, 0.1) is 11.0 Å². The first-order valence-corrected chi connectivity index (χ1v) is 5.23. The molecule has 0 spiro atoms. The average Bonchev–Trinajstić information content (AvgIpc) is 2.77. The summed E-state index contributed by atoms with van der Waals surface area (Å²) in [6.07, 6.45) is 2.53. The Hall–Kier alpha value is -1.69. The second-order valence-corrected chi connectivity index (χ2v) is 3.85. The molecule has 1 unspecified atom stereocenters. The second kappa shape index (κ2) is 4.44. The normalized spacial score (nSPS) is 20.1. The van der Waals surface area contributed by atoms with Crippen LogP contribution < -0.4 is 10.2 Å². The molecule has 1 N–H and O–H groups in total. The van der Waals surface area contributed by atoms with Crippen LogP contribution in [0, 0.1) is 10.1 Å². The van der Waals surface area contributed by atoms with Crippen LogP contribution in [0.15, 0.2) is 18.3 Å². The van der Waals surface area contributed by atoms with Crippen LogP contribution in [0.2, 0.25) is 0 Å². The predicted molar refractivity (Wildman–Crippen MR) is 60.6 cm³/mol. The molecule has 86 valence electrons. The fourth-order valence-corrected chi connectivity index (χ4v) is 1.90. The molecule has 6 heteroatoms. The number of nitrogens with zero attached hydrogens (tertiary/aromatic N) is 3. The van der Waals surface area contributed by atoms with Gasteiger partial charge in [-0.05, 0) is 13.5 Å². The van der Waals surface area contributed by atoms with E-state index in [1.807, 2.05) is 7.05 Å². The Labute approximate surface area is 93.4 Å². The van der Waals surface area contributed by atoms with E-state index in [0.717, 1.165) is 19.5 Å². The van der Waals surface area contributed by atoms with Gasteiger partial charge < -0.3 is 10.2 Å². The van der Waals surface area contributed by atoms with Gasteiger partial charge in [-0.25, -0.2) is 4.98 Å². The molecule has 0 aliphatic carbocycles. The zero-order valence-corrected chi connectivity index (χ0v) is 9.09. The van der Waals surface area contributed by atoms with Crippen LogP contribution in [-0.4, -0.2) is 36.1 Å². The molecule has 16 heavy (non-hydrogen) atoms. The quantitative estimate of drug-likeness (QED) is 0.604. The number of anilines is 1. The van der Waals surface area contributed by atoms with Gasteiger partial charge in [-0.2, -0.15) is 0 Å². The first-order chi connectivity index (χ1) is 7.70. The third-order valence-corrected chi connectivity index (χ3v) is 2.86. The molecule has 1 aromatic heterocycles. The Morgan fingerprint density at radius 1 is 1.69 bits per heavy atom. The van der Waals surface area contributed by atoms with Gasteiger partial charge in [-0.1, -0.05) is 0 Å². The molecule has 0 saturated carbocycles. The Balaban J connectivity index is 2.15. The first kappa shape index (κ1) is 10.8. The molecule has 0 amide bonds. The number of pyridine rings is 1. The van der Waals surface area contributed by atoms with E-state index in [2.05, 4.69) is 15.2 Å². The maximum atomic E-state index is 10.6. The van der Waals surface area contributed by atoms with Crippen molar-refractivity contribution in [2.24, 2.45) is 0 Å². The summed E-state index contributed by atoms with van der Waals surface area (Å²) >= 11 is 0. The van der Waals surface area contributed by atoms with Gasteiger partial charge in [0, 0.05) is 31.4 Å². The van der Waals surface area contributed by atoms with Crippen molar-refractivity contribution >= 4 is 11.5 Å². The van der Waals surface area contributed by atoms with Gasteiger partial charge in [0.2, 0.25) is 0 Å². The lowest BCUT2D eigenvalue weighted by Gasteiger charge is -2.16. The number of rotatable bonds is 3. The minimum atomic E-state index is -0.392. The number of aromatic nitrogens is 1. The van der Waals surface area contributed by atoms with Crippen molar-refractivity contribution in [2.75, 3.05) is 25.0 Å². The van der Waals surface area contributed by atoms with Gasteiger partial charge in [-0.3, -0.25) is 10.1 Å². The molecule has 1 aliphatic rings. The Kier molecular flexibility index (Phi) is 3.00. The summed E-state index contributed by atoms with van der Waals surface area (Å²) in [6, 6.07) is 3.38. The van der Waals surface area contributed by atoms with E-state index in [1.54, 1.807) is 0 Å². The number of nitrogens with one attached hydrogen (secondary N) is 1. The van der Waals surface area contributed by atoms with Gasteiger partial charge in [0.15, 0.2) is 0 Å². The highest BCUT2D eigenvalue weighted by Gasteiger charge is 2.23. The fourth-order valence-electron chi connectivity index (χ4n) is 1.90. The average molecular weight is 222 g/mol. The van der Waals surface area contributed by atoms with Crippen molar-refractivity contribution < 1.29 is 4.92 Å². The summed E-state index contributed by atoms with van der Waals surface area (Å²) in [5.74, 6) is 0.687. The molecular formula is C10H14N4O2. The summed E-state index contributed by atoms with van der Waals surface area (Å²) in [5.41, 5.74) is 0.0953. The van der Waals surface area contributed by atoms with Crippen LogP contribution in [-0.2, 0) is 0 Å². The lowest BCUT2D eigenvalue weighted by atomic mass is 10.3. The van der Waals surface area contributed by atoms with Gasteiger partial charge >= 0.3 is 0 Å². The maximum absolute atomic E-state index is 10.6. The van der Waals surface area contributed by atoms with E-state index in [9.17, 15) is 10.1 Å². The molecule has 2 heterocycles. The van der Waals surface area contributed by atoms with Crippen molar-refractivity contribution in [1.29, 1.82) is 0 Å². The summed E-state index contributed by atoms with van der Waals surface area (Å²) in [5, 5.41) is 13.8. The minimum Gasteiger partial charge on any atom is -0.355 e. The molecule has 1 fully saturated rings. The van der Waals surface area contributed by atoms with Crippen LogP contribution in [0.4, 0.5) is 11.5 Å². The minimum absolute atomic E-state index is 0.0953. The SMILES string of the molecule is CNC1CCN(c2cc([N+](=O)[O-])ccn2)C1. The van der Waals surface area contributed by atoms with E-state index in [-0.39, 0.29) is 5.69 Å². The maximum Gasteiger partial charge on any atom is 0.274 e. The molecule has 1 aromatic rings. The van der Waals surface area contributed by atoms with Crippen molar-refractivity contribution in [3.05, 3.63) is 28.4 Å². The highest BCUT2D eigenvalue weighted by Crippen LogP contribution is 2.21. The molecule has 0 radical (unpaired) electrons. The topological polar surface area (TPSA) is 71.3 Å². The summed E-state index contributed by atoms with van der Waals surface area (Å²) in [4.78, 5) is 16.5. The third-order valence-electron chi connectivity index (χ3n) is 2.86. The highest BCUT2D eigenvalue weighted by atomic mass is 16.6. The van der Waals surface area contributed by atoms with Gasteiger partial charge in [0.1, 0.15) is 5.82 Å². The molecule has 0 aromatic carbocycles. The Morgan fingerprint density at radius 3 is 3.12 bits per heavy atom. The van der Waals surface area contributed by atoms with Gasteiger partial charge in [-0.15, -0.1) is 0 Å². The van der Waals surface area contributed by atoms with Crippen LogP contribution in [0.5, 0.6) is 0 Å². The molecule has 1 atom stereocenters. The molecule has 1 aliphatic heterocycles. The largest absolute Gasteiger partial charge is 0.355 e. The highest BCUT2D eigenvalue weighted by molar-refractivity contribution is 5.47. The number of likely N-dealkylation sites (N-methyl/N-ethyl adjacent to an activating group) is 1. The van der Waals surface area contributed by atoms with Crippen molar-refractivity contribution in [1.82, 2.24) is 10.3 Å². The lowest BCUT2D eigenvalue weighted by molar-refractivity contribution is -0.384. The molecule has 0 bridgehead atoms. The Morgan fingerprint density at radius 2 is 2.50 bits per heavy atom. The second-order valence-electron chi connectivity index (χ2n) is 3.85. The predicted octanol–water partition coefficient (Wildman–Crippen LogP) is 0.788. The number of hydrogen-bond acceptors (Lipinski definition) is 5. The first-order valence-electron chi connectivity index (χ1n) is 5.23. The molecule has 1 saturated heterocycles. The van der Waals surface area contributed by atoms with Crippen LogP contribution in [0.25, 0.3) is 0 Å². The number of hydrogen-bond donors (Lipinski definition) is 1. The molecule has 2 rings (SSSR count). The van der Waals surface area contributed by atoms with Crippen LogP contribution >= 0.6 is 0 Å². The standard InChI is InChI=1S/C10H14N4O2/c1-11-8-3-5-13(7-8)10-6-9(14(15)16)2-4-12-10/h2,4,6,8,11H,3,5,7H2,1H3. The summed E-state index contributed by atoms with van der Waals surface area (Å²) in [7, 11) is 1.93. The zero-order valence-electron chi connectivity index (χ0n) is 9.09. The van der Waals surface area contributed by atoms with Gasteiger partial charge in [0.25, 0.3) is 5.69 Å². The third kappa shape index (κ3) is 2.11.